The maximum atomic E-state index is 13.3. The molecule has 1 heterocycles. The zero-order valence-corrected chi connectivity index (χ0v) is 12.9. The number of hydrogen-bond donors (Lipinski definition) is 1. The molecule has 0 saturated carbocycles. The van der Waals surface area contributed by atoms with Crippen LogP contribution < -0.4 is 5.73 Å². The van der Waals surface area contributed by atoms with Gasteiger partial charge in [0.05, 0.1) is 0 Å². The van der Waals surface area contributed by atoms with Gasteiger partial charge in [0.1, 0.15) is 11.4 Å². The summed E-state index contributed by atoms with van der Waals surface area (Å²) < 4.78 is 18.7. The number of amides is 1. The third-order valence-electron chi connectivity index (χ3n) is 3.71. The summed E-state index contributed by atoms with van der Waals surface area (Å²) in [6, 6.07) is 6.39. The molecule has 1 aromatic rings. The predicted molar refractivity (Wildman–Crippen MR) is 79.3 cm³/mol. The number of ether oxygens (including phenoxy) is 1. The highest BCUT2D eigenvalue weighted by Gasteiger charge is 2.35. The quantitative estimate of drug-likeness (QED) is 0.866. The van der Waals surface area contributed by atoms with Crippen molar-refractivity contribution >= 4 is 6.09 Å². The molecule has 1 aliphatic rings. The van der Waals surface area contributed by atoms with Gasteiger partial charge in [0, 0.05) is 18.6 Å². The molecule has 116 valence electrons. The minimum atomic E-state index is -0.583. The third kappa shape index (κ3) is 3.94. The monoisotopic (exact) mass is 294 g/mol. The number of benzene rings is 1. The Balaban J connectivity index is 2.01. The molecule has 0 unspecified atom stereocenters. The van der Waals surface area contributed by atoms with Crippen LogP contribution in [0.15, 0.2) is 24.3 Å². The van der Waals surface area contributed by atoms with Gasteiger partial charge in [-0.2, -0.15) is 0 Å². The van der Waals surface area contributed by atoms with Crippen molar-refractivity contribution in [2.24, 2.45) is 5.73 Å². The van der Waals surface area contributed by atoms with Crippen LogP contribution in [-0.4, -0.2) is 29.7 Å². The maximum absolute atomic E-state index is 13.3. The molecular weight excluding hydrogens is 271 g/mol. The number of likely N-dealkylation sites (tertiary alicyclic amines) is 1. The van der Waals surface area contributed by atoms with Gasteiger partial charge < -0.3 is 15.4 Å². The van der Waals surface area contributed by atoms with Gasteiger partial charge in [-0.1, -0.05) is 12.1 Å². The summed E-state index contributed by atoms with van der Waals surface area (Å²) in [4.78, 5) is 13.7. The molecule has 5 heteroatoms. The Morgan fingerprint density at radius 1 is 1.33 bits per heavy atom. The first-order valence-corrected chi connectivity index (χ1v) is 7.22. The second-order valence-electron chi connectivity index (χ2n) is 6.63. The van der Waals surface area contributed by atoms with Crippen molar-refractivity contribution in [2.45, 2.75) is 44.8 Å². The van der Waals surface area contributed by atoms with Crippen molar-refractivity contribution in [2.75, 3.05) is 13.1 Å². The second kappa shape index (κ2) is 5.64. The van der Waals surface area contributed by atoms with Crippen molar-refractivity contribution < 1.29 is 13.9 Å². The fraction of sp³-hybridized carbons (Fsp3) is 0.562. The molecule has 0 radical (unpaired) electrons. The van der Waals surface area contributed by atoms with Gasteiger partial charge in [-0.05, 0) is 51.3 Å². The highest BCUT2D eigenvalue weighted by molar-refractivity contribution is 5.68. The fourth-order valence-electron chi connectivity index (χ4n) is 2.50. The average Bonchev–Trinajstić information content (AvgIpc) is 2.37. The van der Waals surface area contributed by atoms with Crippen LogP contribution in [0.5, 0.6) is 0 Å². The number of hydrogen-bond acceptors (Lipinski definition) is 3. The number of piperidine rings is 1. The smallest absolute Gasteiger partial charge is 0.410 e. The topological polar surface area (TPSA) is 55.6 Å². The van der Waals surface area contributed by atoms with E-state index in [1.807, 2.05) is 26.8 Å². The molecule has 1 amide bonds. The highest BCUT2D eigenvalue weighted by Crippen LogP contribution is 2.31. The highest BCUT2D eigenvalue weighted by atomic mass is 19.1. The Morgan fingerprint density at radius 2 is 1.95 bits per heavy atom. The summed E-state index contributed by atoms with van der Waals surface area (Å²) >= 11 is 0. The first kappa shape index (κ1) is 15.8. The predicted octanol–water partition coefficient (Wildman–Crippen LogP) is 3.01. The molecule has 0 aliphatic carbocycles. The SMILES string of the molecule is CC(C)(C)OC(=O)N1CCC(N)(c2cccc(F)c2)CC1. The summed E-state index contributed by atoms with van der Waals surface area (Å²) in [5.41, 5.74) is 6.09. The molecule has 21 heavy (non-hydrogen) atoms. The van der Waals surface area contributed by atoms with Gasteiger partial charge in [-0.3, -0.25) is 0 Å². The molecule has 4 nitrogen and oxygen atoms in total. The molecule has 1 aromatic carbocycles. The standard InChI is InChI=1S/C16H23FN2O2/c1-15(2,3)21-14(20)19-9-7-16(18,8-10-19)12-5-4-6-13(17)11-12/h4-6,11H,7-10,18H2,1-3H3. The Labute approximate surface area is 125 Å². The minimum absolute atomic E-state index is 0.285. The van der Waals surface area contributed by atoms with Crippen LogP contribution in [0, 0.1) is 5.82 Å². The van der Waals surface area contributed by atoms with Gasteiger partial charge in [-0.15, -0.1) is 0 Å². The molecule has 1 saturated heterocycles. The molecule has 1 fully saturated rings. The average molecular weight is 294 g/mol. The van der Waals surface area contributed by atoms with Crippen LogP contribution in [0.25, 0.3) is 0 Å². The van der Waals surface area contributed by atoms with Crippen molar-refractivity contribution in [1.29, 1.82) is 0 Å². The summed E-state index contributed by atoms with van der Waals surface area (Å²) in [6.07, 6.45) is 0.870. The lowest BCUT2D eigenvalue weighted by Gasteiger charge is -2.39. The molecule has 0 atom stereocenters. The van der Waals surface area contributed by atoms with Crippen molar-refractivity contribution in [3.63, 3.8) is 0 Å². The Bertz CT molecular complexity index is 517. The van der Waals surface area contributed by atoms with E-state index < -0.39 is 11.1 Å². The number of halogens is 1. The molecule has 0 bridgehead atoms. The van der Waals surface area contributed by atoms with Crippen molar-refractivity contribution in [1.82, 2.24) is 4.90 Å². The number of carbonyl (C=O) groups is 1. The van der Waals surface area contributed by atoms with Gasteiger partial charge in [0.2, 0.25) is 0 Å². The Kier molecular flexibility index (Phi) is 4.23. The number of rotatable bonds is 1. The first-order chi connectivity index (χ1) is 9.70. The van der Waals surface area contributed by atoms with E-state index in [-0.39, 0.29) is 11.9 Å². The van der Waals surface area contributed by atoms with Crippen LogP contribution in [-0.2, 0) is 10.3 Å². The van der Waals surface area contributed by atoms with Crippen LogP contribution in [0.1, 0.15) is 39.2 Å². The van der Waals surface area contributed by atoms with E-state index in [0.29, 0.717) is 25.9 Å². The molecule has 0 spiro atoms. The molecular formula is C16H23FN2O2. The van der Waals surface area contributed by atoms with Gasteiger partial charge in [-0.25, -0.2) is 9.18 Å². The van der Waals surface area contributed by atoms with Crippen LogP contribution >= 0.6 is 0 Å². The zero-order chi connectivity index (χ0) is 15.7. The molecule has 2 N–H and O–H groups in total. The van der Waals surface area contributed by atoms with Crippen molar-refractivity contribution in [3.8, 4) is 0 Å². The summed E-state index contributed by atoms with van der Waals surface area (Å²) in [5.74, 6) is -0.285. The van der Waals surface area contributed by atoms with E-state index in [0.717, 1.165) is 5.56 Å². The third-order valence-corrected chi connectivity index (χ3v) is 3.71. The largest absolute Gasteiger partial charge is 0.444 e. The molecule has 0 aromatic heterocycles. The summed E-state index contributed by atoms with van der Waals surface area (Å²) in [7, 11) is 0. The Morgan fingerprint density at radius 3 is 2.48 bits per heavy atom. The summed E-state index contributed by atoms with van der Waals surface area (Å²) in [6.45, 7) is 6.56. The van der Waals surface area contributed by atoms with Gasteiger partial charge in [0.15, 0.2) is 0 Å². The number of nitrogens with two attached hydrogens (primary N) is 1. The lowest BCUT2D eigenvalue weighted by Crippen LogP contribution is -2.50. The fourth-order valence-corrected chi connectivity index (χ4v) is 2.50. The van der Waals surface area contributed by atoms with E-state index in [2.05, 4.69) is 0 Å². The lowest BCUT2D eigenvalue weighted by molar-refractivity contribution is 0.0166. The Hall–Kier alpha value is -1.62. The van der Waals surface area contributed by atoms with E-state index in [9.17, 15) is 9.18 Å². The lowest BCUT2D eigenvalue weighted by atomic mass is 9.82. The second-order valence-corrected chi connectivity index (χ2v) is 6.63. The van der Waals surface area contributed by atoms with E-state index in [1.165, 1.54) is 12.1 Å². The minimum Gasteiger partial charge on any atom is -0.444 e. The first-order valence-electron chi connectivity index (χ1n) is 7.22. The maximum Gasteiger partial charge on any atom is 0.410 e. The van der Waals surface area contributed by atoms with Gasteiger partial charge in [0.25, 0.3) is 0 Å². The van der Waals surface area contributed by atoms with E-state index in [4.69, 9.17) is 10.5 Å². The van der Waals surface area contributed by atoms with Crippen LogP contribution in [0.3, 0.4) is 0 Å². The van der Waals surface area contributed by atoms with Crippen LogP contribution in [0.2, 0.25) is 0 Å². The number of carbonyl (C=O) groups excluding carboxylic acids is 1. The van der Waals surface area contributed by atoms with E-state index >= 15 is 0 Å². The zero-order valence-electron chi connectivity index (χ0n) is 12.9. The summed E-state index contributed by atoms with van der Waals surface area (Å²) in [5, 5.41) is 0. The molecule has 1 aliphatic heterocycles. The van der Waals surface area contributed by atoms with Gasteiger partial charge >= 0.3 is 6.09 Å². The number of nitrogens with zero attached hydrogens (tertiary/aromatic N) is 1. The van der Waals surface area contributed by atoms with E-state index in [1.54, 1.807) is 11.0 Å². The normalized spacial score (nSPS) is 18.4. The molecule has 2 rings (SSSR count). The van der Waals surface area contributed by atoms with Crippen molar-refractivity contribution in [3.05, 3.63) is 35.6 Å². The van der Waals surface area contributed by atoms with Crippen LogP contribution in [0.4, 0.5) is 9.18 Å².